The fourth-order valence-electron chi connectivity index (χ4n) is 2.30. The van der Waals surface area contributed by atoms with E-state index in [0.717, 1.165) is 11.8 Å². The van der Waals surface area contributed by atoms with Gasteiger partial charge in [0.2, 0.25) is 0 Å². The third-order valence-corrected chi connectivity index (χ3v) is 3.08. The molecule has 0 aromatic carbocycles. The normalized spacial score (nSPS) is 35.2. The first kappa shape index (κ1) is 8.10. The molecule has 66 valence electrons. The fraction of sp³-hybridized carbons (Fsp3) is 0.667. The van der Waals surface area contributed by atoms with Crippen molar-refractivity contribution in [3.8, 4) is 0 Å². The van der Waals surface area contributed by atoms with E-state index in [9.17, 15) is 0 Å². The molecule has 0 saturated heterocycles. The summed E-state index contributed by atoms with van der Waals surface area (Å²) in [7, 11) is 0. The van der Waals surface area contributed by atoms with Crippen LogP contribution in [-0.2, 0) is 0 Å². The number of rotatable bonds is 0. The maximum absolute atomic E-state index is 2.47. The van der Waals surface area contributed by atoms with E-state index in [0.29, 0.717) is 0 Å². The summed E-state index contributed by atoms with van der Waals surface area (Å²) in [6.45, 7) is 4.71. The second-order valence-corrected chi connectivity index (χ2v) is 4.55. The molecule has 0 aliphatic heterocycles. The van der Waals surface area contributed by atoms with E-state index in [2.05, 4.69) is 26.0 Å². The summed E-state index contributed by atoms with van der Waals surface area (Å²) in [6, 6.07) is 0. The van der Waals surface area contributed by atoms with Crippen LogP contribution in [0.25, 0.3) is 0 Å². The smallest absolute Gasteiger partial charge is 0.0251 e. The van der Waals surface area contributed by atoms with Crippen molar-refractivity contribution in [3.63, 3.8) is 0 Å². The van der Waals surface area contributed by atoms with Crippen LogP contribution < -0.4 is 0 Å². The van der Waals surface area contributed by atoms with E-state index in [-0.39, 0.29) is 0 Å². The second kappa shape index (κ2) is 3.08. The second-order valence-electron chi connectivity index (χ2n) is 4.55. The highest BCUT2D eigenvalue weighted by molar-refractivity contribution is 5.36. The van der Waals surface area contributed by atoms with Gasteiger partial charge in [0, 0.05) is 0 Å². The molecule has 2 atom stereocenters. The molecule has 0 heteroatoms. The van der Waals surface area contributed by atoms with Gasteiger partial charge in [0.25, 0.3) is 0 Å². The third kappa shape index (κ3) is 1.48. The molecule has 0 bridgehead atoms. The Morgan fingerprint density at radius 2 is 1.33 bits per heavy atom. The highest BCUT2D eigenvalue weighted by atomic mass is 14.3. The molecule has 2 aliphatic carbocycles. The van der Waals surface area contributed by atoms with Crippen molar-refractivity contribution < 1.29 is 0 Å². The molecule has 2 aliphatic rings. The Morgan fingerprint density at radius 1 is 0.917 bits per heavy atom. The lowest BCUT2D eigenvalue weighted by Crippen LogP contribution is -2.11. The molecular formula is C12H18. The Bertz CT molecular complexity index is 206. The van der Waals surface area contributed by atoms with Crippen molar-refractivity contribution in [1.82, 2.24) is 0 Å². The summed E-state index contributed by atoms with van der Waals surface area (Å²) in [6.07, 6.45) is 10.2. The summed E-state index contributed by atoms with van der Waals surface area (Å²) >= 11 is 0. The Kier molecular flexibility index (Phi) is 2.08. The third-order valence-electron chi connectivity index (χ3n) is 3.08. The van der Waals surface area contributed by atoms with Crippen LogP contribution in [0.5, 0.6) is 0 Å². The molecule has 0 fully saturated rings. The van der Waals surface area contributed by atoms with Crippen molar-refractivity contribution >= 4 is 0 Å². The van der Waals surface area contributed by atoms with Gasteiger partial charge >= 0.3 is 0 Å². The van der Waals surface area contributed by atoms with Gasteiger partial charge < -0.3 is 0 Å². The zero-order chi connectivity index (χ0) is 8.55. The average molecular weight is 162 g/mol. The van der Waals surface area contributed by atoms with Gasteiger partial charge in [-0.1, -0.05) is 26.0 Å². The van der Waals surface area contributed by atoms with Gasteiger partial charge in [0.15, 0.2) is 0 Å². The summed E-state index contributed by atoms with van der Waals surface area (Å²) in [5.74, 6) is 1.77. The van der Waals surface area contributed by atoms with E-state index in [1.165, 1.54) is 25.7 Å². The van der Waals surface area contributed by atoms with Crippen molar-refractivity contribution in [3.05, 3.63) is 23.3 Å². The molecule has 0 amide bonds. The highest BCUT2D eigenvalue weighted by Crippen LogP contribution is 2.36. The van der Waals surface area contributed by atoms with Crippen LogP contribution in [-0.4, -0.2) is 0 Å². The van der Waals surface area contributed by atoms with Crippen molar-refractivity contribution in [2.24, 2.45) is 11.8 Å². The van der Waals surface area contributed by atoms with Gasteiger partial charge in [-0.25, -0.2) is 0 Å². The van der Waals surface area contributed by atoms with Crippen molar-refractivity contribution in [1.29, 1.82) is 0 Å². The van der Waals surface area contributed by atoms with Crippen LogP contribution in [0, 0.1) is 11.8 Å². The fourth-order valence-corrected chi connectivity index (χ4v) is 2.30. The van der Waals surface area contributed by atoms with Crippen LogP contribution in [0.2, 0.25) is 0 Å². The number of hydrogen-bond donors (Lipinski definition) is 0. The zero-order valence-electron chi connectivity index (χ0n) is 8.14. The molecule has 12 heavy (non-hydrogen) atoms. The molecule has 0 aromatic rings. The molecule has 0 spiro atoms. The lowest BCUT2D eigenvalue weighted by Gasteiger charge is -2.27. The van der Waals surface area contributed by atoms with Crippen LogP contribution in [0.4, 0.5) is 0 Å². The molecule has 0 saturated carbocycles. The molecular weight excluding hydrogens is 144 g/mol. The molecule has 0 N–H and O–H groups in total. The predicted octanol–water partition coefficient (Wildman–Crippen LogP) is 3.70. The Morgan fingerprint density at radius 3 is 1.75 bits per heavy atom. The lowest BCUT2D eigenvalue weighted by molar-refractivity contribution is 0.511. The molecule has 2 unspecified atom stereocenters. The Balaban J connectivity index is 2.20. The van der Waals surface area contributed by atoms with E-state index in [4.69, 9.17) is 0 Å². The van der Waals surface area contributed by atoms with Crippen molar-refractivity contribution in [2.45, 2.75) is 39.5 Å². The van der Waals surface area contributed by atoms with Gasteiger partial charge in [0.05, 0.1) is 0 Å². The number of hydrogen-bond acceptors (Lipinski definition) is 0. The SMILES string of the molecule is CC1CC=C2CC(C)CC=C2C1. The topological polar surface area (TPSA) is 0 Å². The summed E-state index contributed by atoms with van der Waals surface area (Å²) in [4.78, 5) is 0. The number of fused-ring (bicyclic) bond motifs is 1. The first-order valence-corrected chi connectivity index (χ1v) is 5.14. The zero-order valence-corrected chi connectivity index (χ0v) is 8.14. The standard InChI is InChI=1S/C12H18/c1-9-3-5-12-8-10(2)4-6-11(12)7-9/h5-6,9-10H,3-4,7-8H2,1-2H3. The maximum Gasteiger partial charge on any atom is -0.0251 e. The summed E-state index contributed by atoms with van der Waals surface area (Å²) in [5, 5.41) is 0. The predicted molar refractivity (Wildman–Crippen MR) is 53.0 cm³/mol. The molecule has 0 nitrogen and oxygen atoms in total. The first-order valence-electron chi connectivity index (χ1n) is 5.14. The van der Waals surface area contributed by atoms with Gasteiger partial charge in [-0.05, 0) is 48.7 Å². The maximum atomic E-state index is 2.47. The number of allylic oxidation sites excluding steroid dienone is 4. The van der Waals surface area contributed by atoms with Crippen molar-refractivity contribution in [2.75, 3.05) is 0 Å². The minimum absolute atomic E-state index is 0.883. The molecule has 0 aromatic heterocycles. The van der Waals surface area contributed by atoms with E-state index in [1.807, 2.05) is 0 Å². The van der Waals surface area contributed by atoms with Gasteiger partial charge in [-0.2, -0.15) is 0 Å². The summed E-state index contributed by atoms with van der Waals surface area (Å²) < 4.78 is 0. The quantitative estimate of drug-likeness (QED) is 0.509. The first-order chi connectivity index (χ1) is 5.75. The van der Waals surface area contributed by atoms with Crippen LogP contribution in [0.15, 0.2) is 23.3 Å². The molecule has 0 radical (unpaired) electrons. The van der Waals surface area contributed by atoms with E-state index in [1.54, 1.807) is 11.1 Å². The highest BCUT2D eigenvalue weighted by Gasteiger charge is 2.20. The largest absolute Gasteiger partial charge is 0.0808 e. The van der Waals surface area contributed by atoms with E-state index >= 15 is 0 Å². The van der Waals surface area contributed by atoms with Gasteiger partial charge in [-0.15, -0.1) is 0 Å². The lowest BCUT2D eigenvalue weighted by atomic mass is 9.78. The van der Waals surface area contributed by atoms with Gasteiger partial charge in [-0.3, -0.25) is 0 Å². The van der Waals surface area contributed by atoms with Crippen LogP contribution >= 0.6 is 0 Å². The van der Waals surface area contributed by atoms with Gasteiger partial charge in [0.1, 0.15) is 0 Å². The van der Waals surface area contributed by atoms with Crippen LogP contribution in [0.3, 0.4) is 0 Å². The Hall–Kier alpha value is -0.520. The molecule has 2 rings (SSSR count). The minimum Gasteiger partial charge on any atom is -0.0808 e. The Labute approximate surface area is 75.4 Å². The summed E-state index contributed by atoms with van der Waals surface area (Å²) in [5.41, 5.74) is 3.32. The average Bonchev–Trinajstić information content (AvgIpc) is 2.05. The van der Waals surface area contributed by atoms with E-state index < -0.39 is 0 Å². The van der Waals surface area contributed by atoms with Crippen LogP contribution in [0.1, 0.15) is 39.5 Å². The molecule has 0 heterocycles. The monoisotopic (exact) mass is 162 g/mol. The minimum atomic E-state index is 0.883.